The monoisotopic (exact) mass is 363 g/mol. The van der Waals surface area contributed by atoms with E-state index < -0.39 is 0 Å². The molecule has 4 N–H and O–H groups in total. The predicted octanol–water partition coefficient (Wildman–Crippen LogP) is 3.26. The summed E-state index contributed by atoms with van der Waals surface area (Å²) in [6.07, 6.45) is 4.24. The molecule has 0 radical (unpaired) electrons. The third-order valence-corrected chi connectivity index (χ3v) is 5.03. The van der Waals surface area contributed by atoms with Gasteiger partial charge in [-0.25, -0.2) is 4.98 Å². The fourth-order valence-electron chi connectivity index (χ4n) is 3.39. The van der Waals surface area contributed by atoms with Crippen LogP contribution in [0.1, 0.15) is 45.9 Å². The Morgan fingerprint density at radius 2 is 2.00 bits per heavy atom. The van der Waals surface area contributed by atoms with Crippen LogP contribution in [0.15, 0.2) is 36.5 Å². The Bertz CT molecular complexity index is 983. The smallest absolute Gasteiger partial charge is 0.251 e. The van der Waals surface area contributed by atoms with Gasteiger partial charge in [0.15, 0.2) is 0 Å². The minimum Gasteiger partial charge on any atom is -0.351 e. The van der Waals surface area contributed by atoms with Gasteiger partial charge < -0.3 is 16.4 Å². The van der Waals surface area contributed by atoms with Crippen LogP contribution in [0.2, 0.25) is 0 Å². The number of aryl methyl sites for hydroxylation is 2. The van der Waals surface area contributed by atoms with Crippen molar-refractivity contribution in [1.82, 2.24) is 14.7 Å². The molecule has 1 aliphatic carbocycles. The molecule has 0 unspecified atom stereocenters. The summed E-state index contributed by atoms with van der Waals surface area (Å²) in [6, 6.07) is 9.95. The van der Waals surface area contributed by atoms with E-state index in [0.717, 1.165) is 35.7 Å². The summed E-state index contributed by atoms with van der Waals surface area (Å²) in [5, 5.41) is 6.43. The van der Waals surface area contributed by atoms with E-state index in [1.165, 1.54) is 11.1 Å². The van der Waals surface area contributed by atoms with Crippen molar-refractivity contribution < 1.29 is 4.79 Å². The van der Waals surface area contributed by atoms with Crippen molar-refractivity contribution in [1.29, 1.82) is 0 Å². The second-order valence-corrected chi connectivity index (χ2v) is 7.20. The van der Waals surface area contributed by atoms with Crippen molar-refractivity contribution in [2.24, 2.45) is 5.73 Å². The van der Waals surface area contributed by atoms with Crippen LogP contribution in [0.4, 0.5) is 11.5 Å². The van der Waals surface area contributed by atoms with Gasteiger partial charge in [-0.05, 0) is 49.9 Å². The predicted molar refractivity (Wildman–Crippen MR) is 108 cm³/mol. The lowest BCUT2D eigenvalue weighted by Crippen LogP contribution is -2.29. The lowest BCUT2D eigenvalue weighted by atomic mass is 10.1. The number of anilines is 2. The number of hydrogen-bond acceptors (Lipinski definition) is 4. The van der Waals surface area contributed by atoms with Gasteiger partial charge in [0.1, 0.15) is 11.5 Å². The van der Waals surface area contributed by atoms with Crippen molar-refractivity contribution >= 4 is 23.1 Å². The average Bonchev–Trinajstić information content (AvgIpc) is 3.44. The molecule has 1 amide bonds. The molecule has 6 nitrogen and oxygen atoms in total. The van der Waals surface area contributed by atoms with Crippen molar-refractivity contribution in [2.45, 2.75) is 32.6 Å². The van der Waals surface area contributed by atoms with Crippen LogP contribution < -0.4 is 16.4 Å². The second kappa shape index (κ2) is 7.04. The molecule has 0 bridgehead atoms. The number of imidazole rings is 1. The zero-order chi connectivity index (χ0) is 19.0. The van der Waals surface area contributed by atoms with Gasteiger partial charge in [-0.15, -0.1) is 0 Å². The van der Waals surface area contributed by atoms with Crippen LogP contribution in [0.5, 0.6) is 0 Å². The van der Waals surface area contributed by atoms with E-state index in [1.54, 1.807) is 0 Å². The maximum absolute atomic E-state index is 12.2. The van der Waals surface area contributed by atoms with Crippen LogP contribution in [-0.4, -0.2) is 28.4 Å². The lowest BCUT2D eigenvalue weighted by molar-refractivity contribution is 0.0954. The van der Waals surface area contributed by atoms with E-state index in [1.807, 2.05) is 22.7 Å². The molecule has 0 aliphatic heterocycles. The Morgan fingerprint density at radius 3 is 2.67 bits per heavy atom. The molecule has 6 heteroatoms. The third-order valence-electron chi connectivity index (χ3n) is 5.03. The first-order chi connectivity index (χ1) is 13.1. The Kier molecular flexibility index (Phi) is 4.58. The number of nitrogens with one attached hydrogen (secondary N) is 2. The van der Waals surface area contributed by atoms with Crippen LogP contribution in [0.25, 0.3) is 5.65 Å². The topological polar surface area (TPSA) is 84.5 Å². The number of carbonyl (C=O) groups excluding carboxylic acids is 1. The quantitative estimate of drug-likeness (QED) is 0.628. The van der Waals surface area contributed by atoms with Gasteiger partial charge in [0.25, 0.3) is 5.91 Å². The largest absolute Gasteiger partial charge is 0.351 e. The molecule has 4 rings (SSSR count). The van der Waals surface area contributed by atoms with E-state index in [4.69, 9.17) is 10.7 Å². The van der Waals surface area contributed by atoms with Crippen molar-refractivity contribution in [3.63, 3.8) is 0 Å². The number of fused-ring (bicyclic) bond motifs is 1. The number of amides is 1. The Morgan fingerprint density at radius 1 is 1.26 bits per heavy atom. The molecule has 1 fully saturated rings. The van der Waals surface area contributed by atoms with Gasteiger partial charge in [0.2, 0.25) is 0 Å². The minimum atomic E-state index is -0.122. The molecule has 1 saturated carbocycles. The van der Waals surface area contributed by atoms with Crippen molar-refractivity contribution in [2.75, 3.05) is 18.4 Å². The fraction of sp³-hybridized carbons (Fsp3) is 0.333. The minimum absolute atomic E-state index is 0.122. The molecule has 1 aromatic carbocycles. The number of nitrogens with two attached hydrogens (primary N) is 1. The normalized spacial score (nSPS) is 13.7. The standard InChI is InChI=1S/C21H25N5O/c1-13-4-3-5-14(2)18(13)25-20-19(15-6-7-15)24-17-12-16(8-11-26(17)20)21(27)23-10-9-22/h3-5,8,11-12,15,25H,6-7,9-10,22H2,1-2H3,(H,23,27). The van der Waals surface area contributed by atoms with E-state index in [2.05, 4.69) is 42.7 Å². The maximum Gasteiger partial charge on any atom is 0.251 e. The van der Waals surface area contributed by atoms with Gasteiger partial charge in [0, 0.05) is 36.5 Å². The highest BCUT2D eigenvalue weighted by atomic mass is 16.1. The number of nitrogens with zero attached hydrogens (tertiary/aromatic N) is 2. The molecule has 0 spiro atoms. The highest BCUT2D eigenvalue weighted by molar-refractivity contribution is 5.95. The zero-order valence-corrected chi connectivity index (χ0v) is 15.7. The number of pyridine rings is 1. The number of rotatable bonds is 6. The molecule has 0 atom stereocenters. The summed E-state index contributed by atoms with van der Waals surface area (Å²) < 4.78 is 2.04. The van der Waals surface area contributed by atoms with Crippen LogP contribution in [-0.2, 0) is 0 Å². The van der Waals surface area contributed by atoms with Crippen LogP contribution in [0.3, 0.4) is 0 Å². The van der Waals surface area contributed by atoms with Gasteiger partial charge in [-0.1, -0.05) is 18.2 Å². The Balaban J connectivity index is 1.75. The van der Waals surface area contributed by atoms with Gasteiger partial charge in [-0.2, -0.15) is 0 Å². The number of aromatic nitrogens is 2. The Hall–Kier alpha value is -2.86. The summed E-state index contributed by atoms with van der Waals surface area (Å²) in [7, 11) is 0. The first-order valence-electron chi connectivity index (χ1n) is 9.42. The molecule has 27 heavy (non-hydrogen) atoms. The van der Waals surface area contributed by atoms with E-state index in [9.17, 15) is 4.79 Å². The molecule has 2 aromatic heterocycles. The van der Waals surface area contributed by atoms with Gasteiger partial charge >= 0.3 is 0 Å². The molecule has 140 valence electrons. The fourth-order valence-corrected chi connectivity index (χ4v) is 3.39. The van der Waals surface area contributed by atoms with Gasteiger partial charge in [0.05, 0.1) is 5.69 Å². The second-order valence-electron chi connectivity index (χ2n) is 7.20. The SMILES string of the molecule is Cc1cccc(C)c1Nc1c(C2CC2)nc2cc(C(=O)NCCN)ccn12. The number of para-hydroxylation sites is 1. The first-order valence-corrected chi connectivity index (χ1v) is 9.42. The van der Waals surface area contributed by atoms with Crippen molar-refractivity contribution in [3.8, 4) is 0 Å². The molecular formula is C21H25N5O. The summed E-state index contributed by atoms with van der Waals surface area (Å²) in [4.78, 5) is 17.1. The number of hydrogen-bond donors (Lipinski definition) is 3. The van der Waals surface area contributed by atoms with E-state index >= 15 is 0 Å². The summed E-state index contributed by atoms with van der Waals surface area (Å²) in [5.74, 6) is 1.37. The summed E-state index contributed by atoms with van der Waals surface area (Å²) >= 11 is 0. The molecule has 1 aliphatic rings. The van der Waals surface area contributed by atoms with Crippen LogP contribution >= 0.6 is 0 Å². The third kappa shape index (κ3) is 3.40. The number of carbonyl (C=O) groups is 1. The zero-order valence-electron chi connectivity index (χ0n) is 15.7. The Labute approximate surface area is 158 Å². The van der Waals surface area contributed by atoms with Gasteiger partial charge in [-0.3, -0.25) is 9.20 Å². The van der Waals surface area contributed by atoms with E-state index in [-0.39, 0.29) is 5.91 Å². The molecule has 2 heterocycles. The first kappa shape index (κ1) is 17.5. The molecular weight excluding hydrogens is 338 g/mol. The van der Waals surface area contributed by atoms with Crippen molar-refractivity contribution in [3.05, 3.63) is 58.9 Å². The summed E-state index contributed by atoms with van der Waals surface area (Å²) in [5.41, 5.74) is 11.4. The lowest BCUT2D eigenvalue weighted by Gasteiger charge is -2.14. The van der Waals surface area contributed by atoms with Crippen LogP contribution in [0, 0.1) is 13.8 Å². The molecule has 0 saturated heterocycles. The average molecular weight is 363 g/mol. The summed E-state index contributed by atoms with van der Waals surface area (Å²) in [6.45, 7) is 5.10. The maximum atomic E-state index is 12.2. The highest BCUT2D eigenvalue weighted by Gasteiger charge is 2.30. The van der Waals surface area contributed by atoms with E-state index in [0.29, 0.717) is 24.6 Å². The highest BCUT2D eigenvalue weighted by Crippen LogP contribution is 2.44. The molecule has 3 aromatic rings. The number of benzene rings is 1.